The summed E-state index contributed by atoms with van der Waals surface area (Å²) < 4.78 is 38.8. The predicted molar refractivity (Wildman–Crippen MR) is 135 cm³/mol. The third kappa shape index (κ3) is 4.63. The van der Waals surface area contributed by atoms with Gasteiger partial charge in [0.1, 0.15) is 15.9 Å². The van der Waals surface area contributed by atoms with Gasteiger partial charge in [-0.3, -0.25) is 9.69 Å². The lowest BCUT2D eigenvalue weighted by Gasteiger charge is -2.57. The van der Waals surface area contributed by atoms with Crippen molar-refractivity contribution >= 4 is 38.7 Å². The Hall–Kier alpha value is -1.62. The van der Waals surface area contributed by atoms with Gasteiger partial charge in [-0.2, -0.15) is 13.1 Å². The van der Waals surface area contributed by atoms with Gasteiger partial charge >= 0.3 is 0 Å². The number of hydrogen-bond donors (Lipinski definition) is 1. The van der Waals surface area contributed by atoms with E-state index >= 15 is 0 Å². The van der Waals surface area contributed by atoms with E-state index in [1.54, 1.807) is 12.1 Å². The number of sulfonamides is 1. The van der Waals surface area contributed by atoms with Gasteiger partial charge in [-0.05, 0) is 94.3 Å². The van der Waals surface area contributed by atoms with Crippen molar-refractivity contribution in [3.63, 3.8) is 0 Å². The van der Waals surface area contributed by atoms with Crippen molar-refractivity contribution in [1.82, 2.24) is 23.3 Å². The molecule has 2 aromatic rings. The lowest BCUT2D eigenvalue weighted by molar-refractivity contribution is -0.121. The van der Waals surface area contributed by atoms with Gasteiger partial charge in [0.15, 0.2) is 0 Å². The maximum atomic E-state index is 14.2. The molecule has 3 aliphatic heterocycles. The standard InChI is InChI=1S/C25H35N5O3S2/c31-23(26-15-17-11-12-17)10-2-8-21-19-6-4-14-29-13-3-5-18(25(19)29)16-30(21)35(32,33)22-9-1-7-20-24(22)28-34-27-20/h1,7,9,17-19,21,25H,2-6,8,10-16H2,(H,26,31)/t18-,19+,21+,25-/m0/s1. The Morgan fingerprint density at radius 2 is 1.94 bits per heavy atom. The maximum absolute atomic E-state index is 14.2. The molecule has 4 atom stereocenters. The normalized spacial score (nSPS) is 29.7. The van der Waals surface area contributed by atoms with Crippen LogP contribution in [0.4, 0.5) is 0 Å². The monoisotopic (exact) mass is 517 g/mol. The molecule has 1 aromatic heterocycles. The van der Waals surface area contributed by atoms with Gasteiger partial charge in [0.05, 0.1) is 11.7 Å². The lowest BCUT2D eigenvalue weighted by atomic mass is 9.70. The number of rotatable bonds is 8. The fourth-order valence-corrected chi connectivity index (χ4v) is 9.36. The van der Waals surface area contributed by atoms with Crippen LogP contribution in [0.2, 0.25) is 0 Å². The number of aromatic nitrogens is 2. The molecule has 1 aromatic carbocycles. The van der Waals surface area contributed by atoms with E-state index in [9.17, 15) is 13.2 Å². The molecule has 0 bridgehead atoms. The third-order valence-electron chi connectivity index (χ3n) is 8.65. The molecular formula is C25H35N5O3S2. The Balaban J connectivity index is 1.27. The van der Waals surface area contributed by atoms with E-state index in [1.165, 1.54) is 12.8 Å². The molecule has 1 aliphatic carbocycles. The van der Waals surface area contributed by atoms with Crippen molar-refractivity contribution in [2.24, 2.45) is 17.8 Å². The van der Waals surface area contributed by atoms with E-state index in [1.807, 2.05) is 10.4 Å². The van der Waals surface area contributed by atoms with E-state index in [-0.39, 0.29) is 16.8 Å². The summed E-state index contributed by atoms with van der Waals surface area (Å²) in [7, 11) is -3.74. The molecule has 1 amide bonds. The molecule has 8 nitrogen and oxygen atoms in total. The molecule has 6 rings (SSSR count). The number of carbonyl (C=O) groups excluding carboxylic acids is 1. The first kappa shape index (κ1) is 23.8. The highest BCUT2D eigenvalue weighted by atomic mass is 32.2. The minimum atomic E-state index is -3.74. The summed E-state index contributed by atoms with van der Waals surface area (Å²) in [5.74, 6) is 1.45. The Bertz CT molecular complexity index is 1180. The summed E-state index contributed by atoms with van der Waals surface area (Å²) in [4.78, 5) is 15.3. The molecule has 0 spiro atoms. The van der Waals surface area contributed by atoms with Crippen LogP contribution in [-0.2, 0) is 14.8 Å². The van der Waals surface area contributed by atoms with Crippen LogP contribution < -0.4 is 5.32 Å². The van der Waals surface area contributed by atoms with E-state index in [4.69, 9.17) is 0 Å². The maximum Gasteiger partial charge on any atom is 0.245 e. The van der Waals surface area contributed by atoms with Gasteiger partial charge < -0.3 is 5.32 Å². The molecule has 10 heteroatoms. The largest absolute Gasteiger partial charge is 0.356 e. The minimum absolute atomic E-state index is 0.0831. The smallest absolute Gasteiger partial charge is 0.245 e. The summed E-state index contributed by atoms with van der Waals surface area (Å²) in [5, 5.41) is 3.06. The van der Waals surface area contributed by atoms with Gasteiger partial charge in [-0.15, -0.1) is 0 Å². The van der Waals surface area contributed by atoms with Crippen LogP contribution in [0.3, 0.4) is 0 Å². The Kier molecular flexibility index (Phi) is 6.57. The second-order valence-electron chi connectivity index (χ2n) is 10.9. The zero-order valence-corrected chi connectivity index (χ0v) is 21.8. The average Bonchev–Trinajstić information content (AvgIpc) is 3.57. The Morgan fingerprint density at radius 1 is 1.11 bits per heavy atom. The van der Waals surface area contributed by atoms with Crippen molar-refractivity contribution in [1.29, 1.82) is 0 Å². The summed E-state index contributed by atoms with van der Waals surface area (Å²) in [6.07, 6.45) is 8.74. The van der Waals surface area contributed by atoms with Gasteiger partial charge in [-0.25, -0.2) is 8.42 Å². The molecule has 4 heterocycles. The third-order valence-corrected chi connectivity index (χ3v) is 11.1. The zero-order valence-electron chi connectivity index (χ0n) is 20.1. The van der Waals surface area contributed by atoms with Crippen LogP contribution in [0.5, 0.6) is 0 Å². The predicted octanol–water partition coefficient (Wildman–Crippen LogP) is 3.25. The van der Waals surface area contributed by atoms with E-state index in [2.05, 4.69) is 19.0 Å². The number of amides is 1. The number of nitrogens with zero attached hydrogens (tertiary/aromatic N) is 4. The average molecular weight is 518 g/mol. The fraction of sp³-hybridized carbons (Fsp3) is 0.720. The van der Waals surface area contributed by atoms with Crippen LogP contribution in [0.1, 0.15) is 57.8 Å². The fourth-order valence-electron chi connectivity index (χ4n) is 6.85. The van der Waals surface area contributed by atoms with E-state index in [0.717, 1.165) is 63.5 Å². The molecule has 4 aliphatic rings. The van der Waals surface area contributed by atoms with Crippen LogP contribution in [-0.4, -0.2) is 70.5 Å². The molecule has 35 heavy (non-hydrogen) atoms. The molecule has 4 fully saturated rings. The Morgan fingerprint density at radius 3 is 2.77 bits per heavy atom. The lowest BCUT2D eigenvalue weighted by Crippen LogP contribution is -2.65. The van der Waals surface area contributed by atoms with Crippen molar-refractivity contribution in [3.8, 4) is 0 Å². The van der Waals surface area contributed by atoms with Crippen molar-refractivity contribution in [3.05, 3.63) is 18.2 Å². The van der Waals surface area contributed by atoms with Crippen molar-refractivity contribution < 1.29 is 13.2 Å². The number of benzene rings is 1. The summed E-state index contributed by atoms with van der Waals surface area (Å²) in [6.45, 7) is 3.61. The first-order valence-corrected chi connectivity index (χ1v) is 15.4. The summed E-state index contributed by atoms with van der Waals surface area (Å²) in [6, 6.07) is 5.66. The first-order valence-electron chi connectivity index (χ1n) is 13.3. The minimum Gasteiger partial charge on any atom is -0.356 e. The van der Waals surface area contributed by atoms with Gasteiger partial charge in [0, 0.05) is 31.6 Å². The molecule has 3 saturated heterocycles. The molecule has 0 unspecified atom stereocenters. The van der Waals surface area contributed by atoms with Crippen LogP contribution in [0.25, 0.3) is 11.0 Å². The molecular weight excluding hydrogens is 482 g/mol. The van der Waals surface area contributed by atoms with Gasteiger partial charge in [0.2, 0.25) is 15.9 Å². The van der Waals surface area contributed by atoms with Crippen molar-refractivity contribution in [2.45, 2.75) is 74.8 Å². The van der Waals surface area contributed by atoms with Crippen LogP contribution in [0.15, 0.2) is 23.1 Å². The number of carbonyl (C=O) groups is 1. The first-order chi connectivity index (χ1) is 17.0. The summed E-state index contributed by atoms with van der Waals surface area (Å²) in [5.41, 5.74) is 1.11. The van der Waals surface area contributed by atoms with E-state index in [0.29, 0.717) is 54.2 Å². The van der Waals surface area contributed by atoms with Gasteiger partial charge in [-0.1, -0.05) is 6.07 Å². The number of fused-ring (bicyclic) bond motifs is 1. The number of hydrogen-bond acceptors (Lipinski definition) is 7. The SMILES string of the molecule is O=C(CCC[C@@H]1[C@H]2CCCN3CCC[C@@H](CN1S(=O)(=O)c1cccc4nsnc14)[C@@H]23)NCC1CC1. The van der Waals surface area contributed by atoms with Crippen molar-refractivity contribution in [2.75, 3.05) is 26.2 Å². The van der Waals surface area contributed by atoms with E-state index < -0.39 is 10.0 Å². The highest BCUT2D eigenvalue weighted by Gasteiger charge is 2.51. The second-order valence-corrected chi connectivity index (χ2v) is 13.3. The summed E-state index contributed by atoms with van der Waals surface area (Å²) >= 11 is 1.06. The highest BCUT2D eigenvalue weighted by Crippen LogP contribution is 2.45. The number of nitrogens with one attached hydrogen (secondary N) is 1. The molecule has 190 valence electrons. The van der Waals surface area contributed by atoms with Crippen LogP contribution in [0, 0.1) is 17.8 Å². The number of piperidine rings is 3. The molecule has 0 radical (unpaired) electrons. The molecule has 1 saturated carbocycles. The van der Waals surface area contributed by atoms with Gasteiger partial charge in [0.25, 0.3) is 0 Å². The topological polar surface area (TPSA) is 95.5 Å². The molecule has 1 N–H and O–H groups in total. The second kappa shape index (κ2) is 9.68. The van der Waals surface area contributed by atoms with Crippen LogP contribution >= 0.6 is 11.7 Å². The zero-order chi connectivity index (χ0) is 24.0. The highest BCUT2D eigenvalue weighted by molar-refractivity contribution is 7.89. The quantitative estimate of drug-likeness (QED) is 0.578. The Labute approximate surface area is 211 Å².